The summed E-state index contributed by atoms with van der Waals surface area (Å²) in [6, 6.07) is 2.71. The van der Waals surface area contributed by atoms with E-state index in [1.165, 1.54) is 20.3 Å². The average molecular weight is 381 g/mol. The number of hydrogen-bond donors (Lipinski definition) is 2. The molecule has 0 radical (unpaired) electrons. The van der Waals surface area contributed by atoms with Crippen molar-refractivity contribution in [3.63, 3.8) is 0 Å². The molecule has 1 atom stereocenters. The summed E-state index contributed by atoms with van der Waals surface area (Å²) in [4.78, 5) is 0.0797. The van der Waals surface area contributed by atoms with Gasteiger partial charge in [0.2, 0.25) is 10.0 Å². The summed E-state index contributed by atoms with van der Waals surface area (Å²) in [6.07, 6.45) is 0. The minimum Gasteiger partial charge on any atom is -0.493 e. The van der Waals surface area contributed by atoms with Crippen molar-refractivity contribution in [3.8, 4) is 11.5 Å². The van der Waals surface area contributed by atoms with Crippen LogP contribution >= 0.6 is 15.9 Å². The van der Waals surface area contributed by atoms with Crippen molar-refractivity contribution in [1.29, 1.82) is 0 Å². The molecule has 0 aliphatic heterocycles. The van der Waals surface area contributed by atoms with Crippen molar-refractivity contribution in [1.82, 2.24) is 4.72 Å². The molecule has 0 fully saturated rings. The lowest BCUT2D eigenvalue weighted by Crippen LogP contribution is -2.40. The molecule has 0 spiro atoms. The molecule has 0 saturated carbocycles. The number of methoxy groups -OCH3 is 2. The number of hydrogen-bond acceptors (Lipinski definition) is 5. The average Bonchev–Trinajstić information content (AvgIpc) is 2.43. The Labute approximate surface area is 134 Å². The van der Waals surface area contributed by atoms with Gasteiger partial charge in [-0.25, -0.2) is 13.1 Å². The Bertz CT molecular complexity index is 590. The number of sulfonamides is 1. The van der Waals surface area contributed by atoms with E-state index in [0.29, 0.717) is 16.0 Å². The molecular formula is C13H21BrN2O4S. The first-order valence-electron chi connectivity index (χ1n) is 6.39. The van der Waals surface area contributed by atoms with Crippen LogP contribution in [0.1, 0.15) is 13.8 Å². The Morgan fingerprint density at radius 2 is 1.76 bits per heavy atom. The molecule has 0 heterocycles. The summed E-state index contributed by atoms with van der Waals surface area (Å²) in [5.41, 5.74) is 5.86. The molecule has 1 rings (SSSR count). The van der Waals surface area contributed by atoms with Crippen molar-refractivity contribution >= 4 is 26.0 Å². The Kier molecular flexibility index (Phi) is 6.45. The van der Waals surface area contributed by atoms with Gasteiger partial charge in [0.25, 0.3) is 0 Å². The second-order valence-electron chi connectivity index (χ2n) is 4.90. The standard InChI is InChI=1S/C13H21BrN2O4S/c1-8(2)10(15)7-16-21(17,18)13-6-12(20-4)11(19-3)5-9(13)14/h5-6,8,10,16H,7,15H2,1-4H3. The van der Waals surface area contributed by atoms with Gasteiger partial charge in [0.1, 0.15) is 4.90 Å². The van der Waals surface area contributed by atoms with Gasteiger partial charge >= 0.3 is 0 Å². The topological polar surface area (TPSA) is 90.7 Å². The number of benzene rings is 1. The van der Waals surface area contributed by atoms with E-state index in [2.05, 4.69) is 20.7 Å². The van der Waals surface area contributed by atoms with Crippen LogP contribution < -0.4 is 19.9 Å². The molecule has 120 valence electrons. The smallest absolute Gasteiger partial charge is 0.241 e. The molecule has 3 N–H and O–H groups in total. The first-order valence-corrected chi connectivity index (χ1v) is 8.67. The fourth-order valence-electron chi connectivity index (χ4n) is 1.56. The number of halogens is 1. The second kappa shape index (κ2) is 7.44. The molecule has 0 amide bonds. The van der Waals surface area contributed by atoms with Crippen LogP contribution in [-0.4, -0.2) is 35.2 Å². The molecule has 0 aliphatic rings. The van der Waals surface area contributed by atoms with E-state index in [-0.39, 0.29) is 23.4 Å². The molecule has 8 heteroatoms. The van der Waals surface area contributed by atoms with Gasteiger partial charge < -0.3 is 15.2 Å². The lowest BCUT2D eigenvalue weighted by molar-refractivity contribution is 0.353. The highest BCUT2D eigenvalue weighted by molar-refractivity contribution is 9.10. The summed E-state index contributed by atoms with van der Waals surface area (Å²) in [5, 5.41) is 0. The second-order valence-corrected chi connectivity index (χ2v) is 7.49. The van der Waals surface area contributed by atoms with Crippen LogP contribution in [-0.2, 0) is 10.0 Å². The third-order valence-electron chi connectivity index (χ3n) is 3.09. The Morgan fingerprint density at radius 3 is 2.24 bits per heavy atom. The predicted octanol–water partition coefficient (Wildman–Crippen LogP) is 1.73. The zero-order valence-corrected chi connectivity index (χ0v) is 14.9. The van der Waals surface area contributed by atoms with Gasteiger partial charge in [-0.15, -0.1) is 0 Å². The molecule has 0 bridgehead atoms. The first kappa shape index (κ1) is 18.2. The molecule has 0 aliphatic carbocycles. The van der Waals surface area contributed by atoms with Crippen LogP contribution in [0.5, 0.6) is 11.5 Å². The first-order chi connectivity index (χ1) is 9.72. The summed E-state index contributed by atoms with van der Waals surface area (Å²) >= 11 is 3.24. The highest BCUT2D eigenvalue weighted by Gasteiger charge is 2.22. The van der Waals surface area contributed by atoms with Crippen LogP contribution in [0.15, 0.2) is 21.5 Å². The van der Waals surface area contributed by atoms with Crippen molar-refractivity contribution < 1.29 is 17.9 Å². The van der Waals surface area contributed by atoms with Crippen molar-refractivity contribution in [3.05, 3.63) is 16.6 Å². The monoisotopic (exact) mass is 380 g/mol. The van der Waals surface area contributed by atoms with Gasteiger partial charge in [0, 0.05) is 23.1 Å². The fraction of sp³-hybridized carbons (Fsp3) is 0.538. The van der Waals surface area contributed by atoms with Gasteiger partial charge in [0.05, 0.1) is 14.2 Å². The van der Waals surface area contributed by atoms with E-state index in [9.17, 15) is 8.42 Å². The van der Waals surface area contributed by atoms with Gasteiger partial charge in [-0.2, -0.15) is 0 Å². The third kappa shape index (κ3) is 4.57. The lowest BCUT2D eigenvalue weighted by Gasteiger charge is -2.17. The summed E-state index contributed by atoms with van der Waals surface area (Å²) < 4.78 is 37.9. The van der Waals surface area contributed by atoms with Crippen LogP contribution in [0.3, 0.4) is 0 Å². The maximum absolute atomic E-state index is 12.4. The Hall–Kier alpha value is -0.830. The van der Waals surface area contributed by atoms with E-state index < -0.39 is 10.0 Å². The number of ether oxygens (including phenoxy) is 2. The summed E-state index contributed by atoms with van der Waals surface area (Å²) in [5.74, 6) is 0.970. The molecule has 1 aromatic carbocycles. The SMILES string of the molecule is COc1cc(Br)c(S(=O)(=O)NCC(N)C(C)C)cc1OC. The van der Waals surface area contributed by atoms with Crippen LogP contribution in [0, 0.1) is 5.92 Å². The fourth-order valence-corrected chi connectivity index (χ4v) is 3.67. The van der Waals surface area contributed by atoms with Crippen LogP contribution in [0.2, 0.25) is 0 Å². The molecule has 0 saturated heterocycles. The minimum absolute atomic E-state index is 0.0797. The molecule has 1 aromatic rings. The van der Waals surface area contributed by atoms with E-state index in [1.807, 2.05) is 13.8 Å². The lowest BCUT2D eigenvalue weighted by atomic mass is 10.1. The highest BCUT2D eigenvalue weighted by atomic mass is 79.9. The zero-order chi connectivity index (χ0) is 16.2. The van der Waals surface area contributed by atoms with Gasteiger partial charge in [-0.1, -0.05) is 13.8 Å². The Morgan fingerprint density at radius 1 is 1.24 bits per heavy atom. The largest absolute Gasteiger partial charge is 0.493 e. The highest BCUT2D eigenvalue weighted by Crippen LogP contribution is 2.35. The quantitative estimate of drug-likeness (QED) is 0.751. The minimum atomic E-state index is -3.69. The van der Waals surface area contributed by atoms with Crippen molar-refractivity contribution in [2.75, 3.05) is 20.8 Å². The van der Waals surface area contributed by atoms with Gasteiger partial charge in [0.15, 0.2) is 11.5 Å². The molecule has 6 nitrogen and oxygen atoms in total. The van der Waals surface area contributed by atoms with Gasteiger partial charge in [-0.3, -0.25) is 0 Å². The van der Waals surface area contributed by atoms with Crippen molar-refractivity contribution in [2.45, 2.75) is 24.8 Å². The third-order valence-corrected chi connectivity index (χ3v) is 5.47. The predicted molar refractivity (Wildman–Crippen MR) is 85.2 cm³/mol. The Balaban J connectivity index is 3.08. The molecular weight excluding hydrogens is 360 g/mol. The van der Waals surface area contributed by atoms with Crippen LogP contribution in [0.25, 0.3) is 0 Å². The van der Waals surface area contributed by atoms with E-state index in [4.69, 9.17) is 15.2 Å². The van der Waals surface area contributed by atoms with E-state index in [0.717, 1.165) is 0 Å². The maximum atomic E-state index is 12.4. The number of nitrogens with one attached hydrogen (secondary N) is 1. The van der Waals surface area contributed by atoms with Crippen LogP contribution in [0.4, 0.5) is 0 Å². The molecule has 21 heavy (non-hydrogen) atoms. The number of rotatable bonds is 7. The van der Waals surface area contributed by atoms with Crippen molar-refractivity contribution in [2.24, 2.45) is 11.7 Å². The molecule has 1 unspecified atom stereocenters. The normalized spacial score (nSPS) is 13.3. The van der Waals surface area contributed by atoms with E-state index in [1.54, 1.807) is 6.07 Å². The summed E-state index contributed by atoms with van der Waals surface area (Å²) in [6.45, 7) is 4.04. The zero-order valence-electron chi connectivity index (χ0n) is 12.5. The summed E-state index contributed by atoms with van der Waals surface area (Å²) in [7, 11) is -0.756. The molecule has 0 aromatic heterocycles. The maximum Gasteiger partial charge on any atom is 0.241 e. The number of nitrogens with two attached hydrogens (primary N) is 1. The van der Waals surface area contributed by atoms with E-state index >= 15 is 0 Å². The van der Waals surface area contributed by atoms with Gasteiger partial charge in [-0.05, 0) is 27.9 Å².